The maximum absolute atomic E-state index is 10.5. The lowest BCUT2D eigenvalue weighted by Crippen LogP contribution is -2.16. The molecule has 17 heavy (non-hydrogen) atoms. The van der Waals surface area contributed by atoms with Crippen LogP contribution in [0.4, 0.5) is 0 Å². The van der Waals surface area contributed by atoms with Crippen LogP contribution in [-0.2, 0) is 16.1 Å². The van der Waals surface area contributed by atoms with Crippen molar-refractivity contribution >= 4 is 22.8 Å². The first kappa shape index (κ1) is 11.1. The monoisotopic (exact) mass is 233 g/mol. The van der Waals surface area contributed by atoms with Crippen molar-refractivity contribution in [3.05, 3.63) is 30.0 Å². The van der Waals surface area contributed by atoms with E-state index in [2.05, 4.69) is 15.1 Å². The van der Waals surface area contributed by atoms with Gasteiger partial charge < -0.3 is 15.1 Å². The van der Waals surface area contributed by atoms with Crippen molar-refractivity contribution in [1.29, 1.82) is 0 Å². The van der Waals surface area contributed by atoms with E-state index in [9.17, 15) is 4.79 Å². The number of hydrogen-bond acceptors (Lipinski definition) is 5. The summed E-state index contributed by atoms with van der Waals surface area (Å²) in [5, 5.41) is 8.22. The number of amidine groups is 1. The molecule has 0 amide bonds. The van der Waals surface area contributed by atoms with E-state index in [1.54, 1.807) is 0 Å². The predicted octanol–water partition coefficient (Wildman–Crippen LogP) is 1.21. The van der Waals surface area contributed by atoms with Crippen LogP contribution in [-0.4, -0.2) is 17.0 Å². The van der Waals surface area contributed by atoms with Crippen LogP contribution in [0.1, 0.15) is 12.6 Å². The van der Waals surface area contributed by atoms with Crippen molar-refractivity contribution in [3.63, 3.8) is 0 Å². The minimum absolute atomic E-state index is 0.166. The van der Waals surface area contributed by atoms with E-state index in [1.165, 1.54) is 6.92 Å². The maximum atomic E-state index is 10.5. The van der Waals surface area contributed by atoms with Crippen LogP contribution in [0.3, 0.4) is 0 Å². The highest BCUT2D eigenvalue weighted by molar-refractivity contribution is 5.88. The Morgan fingerprint density at radius 3 is 3.06 bits per heavy atom. The highest BCUT2D eigenvalue weighted by Crippen LogP contribution is 2.17. The molecule has 0 aliphatic carbocycles. The molecule has 1 aromatic heterocycles. The highest BCUT2D eigenvalue weighted by atomic mass is 16.7. The van der Waals surface area contributed by atoms with Crippen molar-refractivity contribution in [2.45, 2.75) is 13.3 Å². The summed E-state index contributed by atoms with van der Waals surface area (Å²) >= 11 is 0. The molecule has 0 fully saturated rings. The maximum Gasteiger partial charge on any atom is 0.332 e. The largest absolute Gasteiger partial charge is 0.384 e. The van der Waals surface area contributed by atoms with Crippen molar-refractivity contribution in [3.8, 4) is 0 Å². The molecule has 1 aromatic carbocycles. The standard InChI is InChI=1S/C11H11N3O3/c1-7(15)16-14-11(12)6-9-8-4-2-3-5-10(8)17-13-9/h2-5H,6H2,1H3,(H2,12,14). The first-order chi connectivity index (χ1) is 8.16. The summed E-state index contributed by atoms with van der Waals surface area (Å²) in [5.41, 5.74) is 6.94. The molecule has 0 radical (unpaired) electrons. The summed E-state index contributed by atoms with van der Waals surface area (Å²) < 4.78 is 5.11. The summed E-state index contributed by atoms with van der Waals surface area (Å²) in [4.78, 5) is 15.0. The quantitative estimate of drug-likeness (QED) is 0.372. The molecule has 1 heterocycles. The number of aromatic nitrogens is 1. The Morgan fingerprint density at radius 1 is 1.53 bits per heavy atom. The second-order valence-corrected chi connectivity index (χ2v) is 3.47. The number of fused-ring (bicyclic) bond motifs is 1. The Morgan fingerprint density at radius 2 is 2.29 bits per heavy atom. The van der Waals surface area contributed by atoms with Crippen LogP contribution in [0.2, 0.25) is 0 Å². The molecule has 6 nitrogen and oxygen atoms in total. The topological polar surface area (TPSA) is 90.7 Å². The molecule has 0 saturated carbocycles. The molecule has 2 rings (SSSR count). The average Bonchev–Trinajstić information content (AvgIpc) is 2.70. The molecular weight excluding hydrogens is 222 g/mol. The molecule has 6 heteroatoms. The lowest BCUT2D eigenvalue weighted by Gasteiger charge is -1.96. The van der Waals surface area contributed by atoms with Crippen molar-refractivity contribution in [1.82, 2.24) is 5.16 Å². The fourth-order valence-electron chi connectivity index (χ4n) is 1.39. The van der Waals surface area contributed by atoms with Gasteiger partial charge in [-0.25, -0.2) is 4.79 Å². The molecule has 0 aliphatic rings. The summed E-state index contributed by atoms with van der Waals surface area (Å²) in [5.74, 6) is -0.350. The summed E-state index contributed by atoms with van der Waals surface area (Å²) in [6.07, 6.45) is 0.268. The third-order valence-corrected chi connectivity index (χ3v) is 2.09. The van der Waals surface area contributed by atoms with E-state index in [1.807, 2.05) is 24.3 Å². The number of nitrogens with zero attached hydrogens (tertiary/aromatic N) is 2. The van der Waals surface area contributed by atoms with E-state index in [0.29, 0.717) is 11.3 Å². The van der Waals surface area contributed by atoms with Crippen LogP contribution in [0, 0.1) is 0 Å². The van der Waals surface area contributed by atoms with Crippen LogP contribution < -0.4 is 5.73 Å². The summed E-state index contributed by atoms with van der Waals surface area (Å²) in [6, 6.07) is 7.42. The van der Waals surface area contributed by atoms with Gasteiger partial charge in [-0.05, 0) is 12.1 Å². The van der Waals surface area contributed by atoms with E-state index >= 15 is 0 Å². The fraction of sp³-hybridized carbons (Fsp3) is 0.182. The molecular formula is C11H11N3O3. The first-order valence-electron chi connectivity index (χ1n) is 5.00. The van der Waals surface area contributed by atoms with Crippen LogP contribution in [0.25, 0.3) is 11.0 Å². The van der Waals surface area contributed by atoms with Crippen molar-refractivity contribution in [2.24, 2.45) is 10.9 Å². The molecule has 88 valence electrons. The number of rotatable bonds is 3. The van der Waals surface area contributed by atoms with E-state index in [4.69, 9.17) is 10.3 Å². The minimum atomic E-state index is -0.516. The van der Waals surface area contributed by atoms with Crippen LogP contribution >= 0.6 is 0 Å². The van der Waals surface area contributed by atoms with Gasteiger partial charge in [0.2, 0.25) is 0 Å². The normalized spacial score (nSPS) is 11.7. The third kappa shape index (κ3) is 2.60. The predicted molar refractivity (Wildman–Crippen MR) is 61.1 cm³/mol. The Labute approximate surface area is 97.0 Å². The van der Waals surface area contributed by atoms with Gasteiger partial charge in [-0.3, -0.25) is 0 Å². The van der Waals surface area contributed by atoms with Gasteiger partial charge >= 0.3 is 5.97 Å². The smallest absolute Gasteiger partial charge is 0.332 e. The zero-order chi connectivity index (χ0) is 12.3. The number of nitrogens with two attached hydrogens (primary N) is 1. The van der Waals surface area contributed by atoms with Gasteiger partial charge in [0.05, 0.1) is 12.1 Å². The molecule has 0 saturated heterocycles. The molecule has 2 aromatic rings. The Balaban J connectivity index is 2.18. The number of carbonyl (C=O) groups excluding carboxylic acids is 1. The minimum Gasteiger partial charge on any atom is -0.384 e. The SMILES string of the molecule is CC(=O)O/N=C(\N)Cc1noc2ccccc12. The molecule has 0 aliphatic heterocycles. The number of hydrogen-bond donors (Lipinski definition) is 1. The number of oxime groups is 1. The Hall–Kier alpha value is -2.37. The van der Waals surface area contributed by atoms with Gasteiger partial charge in [-0.15, -0.1) is 0 Å². The van der Waals surface area contributed by atoms with Gasteiger partial charge in [0.15, 0.2) is 5.58 Å². The van der Waals surface area contributed by atoms with E-state index in [0.717, 1.165) is 5.39 Å². The summed E-state index contributed by atoms with van der Waals surface area (Å²) in [7, 11) is 0. The van der Waals surface area contributed by atoms with E-state index < -0.39 is 5.97 Å². The molecule has 2 N–H and O–H groups in total. The Bertz CT molecular complexity index is 574. The van der Waals surface area contributed by atoms with Crippen LogP contribution in [0.15, 0.2) is 33.9 Å². The Kier molecular flexibility index (Phi) is 3.04. The van der Waals surface area contributed by atoms with Crippen LogP contribution in [0.5, 0.6) is 0 Å². The second kappa shape index (κ2) is 4.65. The highest BCUT2D eigenvalue weighted by Gasteiger charge is 2.09. The zero-order valence-electron chi connectivity index (χ0n) is 9.21. The van der Waals surface area contributed by atoms with Gasteiger partial charge in [-0.2, -0.15) is 0 Å². The van der Waals surface area contributed by atoms with E-state index in [-0.39, 0.29) is 12.3 Å². The molecule has 0 atom stereocenters. The molecule has 0 bridgehead atoms. The lowest BCUT2D eigenvalue weighted by molar-refractivity contribution is -0.140. The van der Waals surface area contributed by atoms with Crippen molar-refractivity contribution in [2.75, 3.05) is 0 Å². The number of para-hydroxylation sites is 1. The van der Waals surface area contributed by atoms with Gasteiger partial charge in [0.1, 0.15) is 5.84 Å². The van der Waals surface area contributed by atoms with Gasteiger partial charge in [0, 0.05) is 12.3 Å². The van der Waals surface area contributed by atoms with Crippen molar-refractivity contribution < 1.29 is 14.2 Å². The molecule has 0 unspecified atom stereocenters. The van der Waals surface area contributed by atoms with Gasteiger partial charge in [0.25, 0.3) is 0 Å². The fourth-order valence-corrected chi connectivity index (χ4v) is 1.39. The number of benzene rings is 1. The average molecular weight is 233 g/mol. The van der Waals surface area contributed by atoms with Gasteiger partial charge in [-0.1, -0.05) is 22.4 Å². The third-order valence-electron chi connectivity index (χ3n) is 2.09. The zero-order valence-corrected chi connectivity index (χ0v) is 9.21. The lowest BCUT2D eigenvalue weighted by atomic mass is 10.2. The second-order valence-electron chi connectivity index (χ2n) is 3.47. The number of carbonyl (C=O) groups is 1. The molecule has 0 spiro atoms. The summed E-state index contributed by atoms with van der Waals surface area (Å²) in [6.45, 7) is 1.25. The first-order valence-corrected chi connectivity index (χ1v) is 5.00.